The molecule has 33 heavy (non-hydrogen) atoms. The van der Waals surface area contributed by atoms with Crippen molar-refractivity contribution in [2.24, 2.45) is 0 Å². The van der Waals surface area contributed by atoms with Crippen molar-refractivity contribution in [3.63, 3.8) is 0 Å². The summed E-state index contributed by atoms with van der Waals surface area (Å²) in [4.78, 5) is 23.6. The number of carbonyl (C=O) groups is 1. The molecule has 2 aromatic heterocycles. The van der Waals surface area contributed by atoms with Crippen LogP contribution in [-0.2, 0) is 11.3 Å². The molecule has 0 aliphatic rings. The van der Waals surface area contributed by atoms with Crippen LogP contribution in [-0.4, -0.2) is 57.1 Å². The van der Waals surface area contributed by atoms with Gasteiger partial charge >= 0.3 is 0 Å². The van der Waals surface area contributed by atoms with Gasteiger partial charge in [-0.3, -0.25) is 4.79 Å². The fourth-order valence-corrected chi connectivity index (χ4v) is 4.36. The molecule has 2 heterocycles. The molecule has 0 spiro atoms. The van der Waals surface area contributed by atoms with Gasteiger partial charge in [-0.2, -0.15) is 5.10 Å². The number of benzene rings is 2. The standard InChI is InChI=1S/C24H25N5O3S/c1-4-28(14-17-10-11-20(31-2)21(12-17)32-3)22(30)15-33-24-19-13-27-29(23(19)25-16-26-24)18-8-6-5-7-9-18/h5-13,16H,4,14-15H2,1-3H3. The van der Waals surface area contributed by atoms with Crippen LogP contribution < -0.4 is 9.47 Å². The van der Waals surface area contributed by atoms with E-state index in [0.29, 0.717) is 30.2 Å². The van der Waals surface area contributed by atoms with Crippen LogP contribution in [0.15, 0.2) is 66.1 Å². The first-order valence-corrected chi connectivity index (χ1v) is 11.5. The topological polar surface area (TPSA) is 82.4 Å². The smallest absolute Gasteiger partial charge is 0.233 e. The van der Waals surface area contributed by atoms with Gasteiger partial charge in [0.1, 0.15) is 11.4 Å². The molecule has 0 bridgehead atoms. The molecular weight excluding hydrogens is 438 g/mol. The largest absolute Gasteiger partial charge is 0.493 e. The van der Waals surface area contributed by atoms with Crippen LogP contribution in [0, 0.1) is 0 Å². The molecule has 0 unspecified atom stereocenters. The minimum atomic E-state index is 0.0273. The summed E-state index contributed by atoms with van der Waals surface area (Å²) >= 11 is 1.39. The first kappa shape index (κ1) is 22.6. The summed E-state index contributed by atoms with van der Waals surface area (Å²) in [6.07, 6.45) is 3.26. The quantitative estimate of drug-likeness (QED) is 0.274. The van der Waals surface area contributed by atoms with Gasteiger partial charge in [0.25, 0.3) is 0 Å². The highest BCUT2D eigenvalue weighted by Gasteiger charge is 2.17. The molecule has 0 aliphatic carbocycles. The average molecular weight is 464 g/mol. The maximum Gasteiger partial charge on any atom is 0.233 e. The predicted molar refractivity (Wildman–Crippen MR) is 128 cm³/mol. The second-order valence-corrected chi connectivity index (χ2v) is 8.16. The van der Waals surface area contributed by atoms with E-state index in [1.54, 1.807) is 30.0 Å². The maximum atomic E-state index is 13.0. The number of aromatic nitrogens is 4. The van der Waals surface area contributed by atoms with E-state index in [0.717, 1.165) is 21.7 Å². The Morgan fingerprint density at radius 3 is 2.58 bits per heavy atom. The van der Waals surface area contributed by atoms with Crippen molar-refractivity contribution in [1.29, 1.82) is 0 Å². The lowest BCUT2D eigenvalue weighted by atomic mass is 10.2. The number of para-hydroxylation sites is 1. The van der Waals surface area contributed by atoms with Crippen LogP contribution in [0.25, 0.3) is 16.7 Å². The van der Waals surface area contributed by atoms with Gasteiger partial charge in [-0.15, -0.1) is 0 Å². The summed E-state index contributed by atoms with van der Waals surface area (Å²) in [5.41, 5.74) is 2.61. The van der Waals surface area contributed by atoms with Gasteiger partial charge in [-0.1, -0.05) is 36.0 Å². The number of thioether (sulfide) groups is 1. The van der Waals surface area contributed by atoms with Crippen LogP contribution >= 0.6 is 11.8 Å². The van der Waals surface area contributed by atoms with Crippen LogP contribution in [0.1, 0.15) is 12.5 Å². The third kappa shape index (κ3) is 4.93. The van der Waals surface area contributed by atoms with Crippen LogP contribution in [0.2, 0.25) is 0 Å². The Labute approximate surface area is 196 Å². The van der Waals surface area contributed by atoms with Gasteiger partial charge < -0.3 is 14.4 Å². The molecule has 0 fully saturated rings. The van der Waals surface area contributed by atoms with Crippen molar-refractivity contribution in [2.75, 3.05) is 26.5 Å². The van der Waals surface area contributed by atoms with Crippen LogP contribution in [0.4, 0.5) is 0 Å². The van der Waals surface area contributed by atoms with Gasteiger partial charge in [0.2, 0.25) is 5.91 Å². The van der Waals surface area contributed by atoms with Crippen molar-refractivity contribution < 1.29 is 14.3 Å². The van der Waals surface area contributed by atoms with Crippen molar-refractivity contribution in [1.82, 2.24) is 24.6 Å². The molecule has 9 heteroatoms. The minimum Gasteiger partial charge on any atom is -0.493 e. The highest BCUT2D eigenvalue weighted by atomic mass is 32.2. The fourth-order valence-electron chi connectivity index (χ4n) is 3.49. The van der Waals surface area contributed by atoms with E-state index < -0.39 is 0 Å². The van der Waals surface area contributed by atoms with Crippen molar-refractivity contribution >= 4 is 28.7 Å². The minimum absolute atomic E-state index is 0.0273. The highest BCUT2D eigenvalue weighted by molar-refractivity contribution is 8.00. The second-order valence-electron chi connectivity index (χ2n) is 7.19. The zero-order valence-electron chi connectivity index (χ0n) is 18.8. The molecule has 1 amide bonds. The number of fused-ring (bicyclic) bond motifs is 1. The number of methoxy groups -OCH3 is 2. The number of hydrogen-bond donors (Lipinski definition) is 0. The average Bonchev–Trinajstić information content (AvgIpc) is 3.31. The number of amides is 1. The summed E-state index contributed by atoms with van der Waals surface area (Å²) in [5.74, 6) is 1.60. The van der Waals surface area contributed by atoms with Gasteiger partial charge in [-0.05, 0) is 36.8 Å². The SMILES string of the molecule is CCN(Cc1ccc(OC)c(OC)c1)C(=O)CSc1ncnc2c1cnn2-c1ccccc1. The van der Waals surface area contributed by atoms with E-state index in [9.17, 15) is 4.79 Å². The second kappa shape index (κ2) is 10.4. The molecule has 0 atom stereocenters. The molecule has 4 rings (SSSR count). The molecule has 4 aromatic rings. The molecule has 0 radical (unpaired) electrons. The summed E-state index contributed by atoms with van der Waals surface area (Å²) in [6.45, 7) is 3.05. The van der Waals surface area contributed by atoms with Crippen molar-refractivity contribution in [3.8, 4) is 17.2 Å². The van der Waals surface area contributed by atoms with Crippen molar-refractivity contribution in [2.45, 2.75) is 18.5 Å². The van der Waals surface area contributed by atoms with E-state index in [4.69, 9.17) is 9.47 Å². The zero-order valence-corrected chi connectivity index (χ0v) is 19.6. The van der Waals surface area contributed by atoms with E-state index in [2.05, 4.69) is 15.1 Å². The lowest BCUT2D eigenvalue weighted by Gasteiger charge is -2.21. The van der Waals surface area contributed by atoms with Gasteiger partial charge in [-0.25, -0.2) is 14.6 Å². The highest BCUT2D eigenvalue weighted by Crippen LogP contribution is 2.29. The van der Waals surface area contributed by atoms with E-state index in [-0.39, 0.29) is 11.7 Å². The van der Waals surface area contributed by atoms with Crippen LogP contribution in [0.3, 0.4) is 0 Å². The summed E-state index contributed by atoms with van der Waals surface area (Å²) < 4.78 is 12.4. The summed E-state index contributed by atoms with van der Waals surface area (Å²) in [5, 5.41) is 6.03. The Bertz CT molecular complexity index is 1250. The first-order valence-electron chi connectivity index (χ1n) is 10.5. The van der Waals surface area contributed by atoms with Gasteiger partial charge in [0.15, 0.2) is 17.1 Å². The van der Waals surface area contributed by atoms with Crippen LogP contribution in [0.5, 0.6) is 11.5 Å². The third-order valence-corrected chi connectivity index (χ3v) is 6.21. The molecule has 0 saturated carbocycles. The molecule has 170 valence electrons. The normalized spacial score (nSPS) is 10.9. The summed E-state index contributed by atoms with van der Waals surface area (Å²) in [6, 6.07) is 15.5. The Morgan fingerprint density at radius 2 is 1.85 bits per heavy atom. The molecule has 0 N–H and O–H groups in total. The number of hydrogen-bond acceptors (Lipinski definition) is 7. The zero-order chi connectivity index (χ0) is 23.2. The van der Waals surface area contributed by atoms with E-state index in [1.165, 1.54) is 18.1 Å². The first-order chi connectivity index (χ1) is 16.1. The van der Waals surface area contributed by atoms with Crippen molar-refractivity contribution in [3.05, 3.63) is 66.6 Å². The van der Waals surface area contributed by atoms with Gasteiger partial charge in [0.05, 0.1) is 37.2 Å². The number of rotatable bonds is 9. The fraction of sp³-hybridized carbons (Fsp3) is 0.250. The van der Waals surface area contributed by atoms with E-state index in [1.807, 2.05) is 55.5 Å². The lowest BCUT2D eigenvalue weighted by Crippen LogP contribution is -2.31. The predicted octanol–water partition coefficient (Wildman–Crippen LogP) is 3.97. The monoisotopic (exact) mass is 463 g/mol. The number of carbonyl (C=O) groups excluding carboxylic acids is 1. The maximum absolute atomic E-state index is 13.0. The summed E-state index contributed by atoms with van der Waals surface area (Å²) in [7, 11) is 3.20. The molecule has 0 saturated heterocycles. The van der Waals surface area contributed by atoms with E-state index >= 15 is 0 Å². The Balaban J connectivity index is 1.47. The molecule has 2 aromatic carbocycles. The van der Waals surface area contributed by atoms with Gasteiger partial charge in [0, 0.05) is 13.1 Å². The molecule has 0 aliphatic heterocycles. The number of nitrogens with zero attached hydrogens (tertiary/aromatic N) is 5. The Kier molecular flexibility index (Phi) is 7.09. The Morgan fingerprint density at radius 1 is 1.06 bits per heavy atom. The third-order valence-electron chi connectivity index (χ3n) is 5.22. The molecular formula is C24H25N5O3S. The number of ether oxygens (including phenoxy) is 2. The Hall–Kier alpha value is -3.59. The molecule has 8 nitrogen and oxygen atoms in total. The lowest BCUT2D eigenvalue weighted by molar-refractivity contribution is -0.128.